The highest BCUT2D eigenvalue weighted by Crippen LogP contribution is 2.28. The van der Waals surface area contributed by atoms with Gasteiger partial charge in [0.1, 0.15) is 0 Å². The monoisotopic (exact) mass is 481 g/mol. The Morgan fingerprint density at radius 2 is 1.73 bits per heavy atom. The van der Waals surface area contributed by atoms with Crippen LogP contribution in [0.1, 0.15) is 40.1 Å². The lowest BCUT2D eigenvalue weighted by Crippen LogP contribution is -2.35. The Morgan fingerprint density at radius 3 is 2.52 bits per heavy atom. The molecule has 6 nitrogen and oxygen atoms in total. The first-order valence-electron chi connectivity index (χ1n) is 11.3. The van der Waals surface area contributed by atoms with Crippen molar-refractivity contribution in [2.75, 3.05) is 29.9 Å². The fourth-order valence-electron chi connectivity index (χ4n) is 4.49. The highest BCUT2D eigenvalue weighted by molar-refractivity contribution is 7.89. The second-order valence-corrected chi connectivity index (χ2v) is 11.5. The average Bonchev–Trinajstić information content (AvgIpc) is 3.33. The number of thiophene rings is 1. The molecule has 2 aromatic carbocycles. The molecule has 3 heterocycles. The lowest BCUT2D eigenvalue weighted by Gasteiger charge is -2.28. The molecule has 0 radical (unpaired) electrons. The van der Waals surface area contributed by atoms with Gasteiger partial charge in [0.05, 0.1) is 4.90 Å². The van der Waals surface area contributed by atoms with Crippen molar-refractivity contribution in [2.45, 2.75) is 37.1 Å². The molecule has 1 aromatic heterocycles. The van der Waals surface area contributed by atoms with E-state index in [1.807, 2.05) is 35.7 Å². The molecular formula is C25H27N3O3S2. The number of fused-ring (bicyclic) bond motifs is 1. The molecular weight excluding hydrogens is 454 g/mol. The first-order valence-corrected chi connectivity index (χ1v) is 13.6. The molecule has 1 amide bonds. The lowest BCUT2D eigenvalue weighted by atomic mass is 10.1. The SMILES string of the molecule is O=C(Nc1ccc(N2CCCCC2)cc1)c1cccc(S(=O)(=O)N2CCc3sccc3C2)c1. The summed E-state index contributed by atoms with van der Waals surface area (Å²) in [7, 11) is -3.68. The minimum Gasteiger partial charge on any atom is -0.372 e. The predicted molar refractivity (Wildman–Crippen MR) is 133 cm³/mol. The van der Waals surface area contributed by atoms with Crippen LogP contribution in [0.15, 0.2) is 64.9 Å². The summed E-state index contributed by atoms with van der Waals surface area (Å²) in [5.41, 5.74) is 3.24. The molecule has 1 N–H and O–H groups in total. The fourth-order valence-corrected chi connectivity index (χ4v) is 6.84. The molecule has 0 unspecified atom stereocenters. The van der Waals surface area contributed by atoms with Gasteiger partial charge in [0, 0.05) is 48.0 Å². The maximum atomic E-state index is 13.2. The zero-order valence-corrected chi connectivity index (χ0v) is 20.0. The van der Waals surface area contributed by atoms with Crippen LogP contribution in [-0.4, -0.2) is 38.3 Å². The van der Waals surface area contributed by atoms with Crippen LogP contribution in [-0.2, 0) is 23.0 Å². The molecule has 33 heavy (non-hydrogen) atoms. The average molecular weight is 482 g/mol. The van der Waals surface area contributed by atoms with E-state index in [0.717, 1.165) is 30.8 Å². The quantitative estimate of drug-likeness (QED) is 0.572. The summed E-state index contributed by atoms with van der Waals surface area (Å²) in [6.45, 7) is 2.96. The van der Waals surface area contributed by atoms with Gasteiger partial charge in [-0.25, -0.2) is 8.42 Å². The maximum absolute atomic E-state index is 13.2. The van der Waals surface area contributed by atoms with Gasteiger partial charge in [-0.05, 0) is 85.2 Å². The summed E-state index contributed by atoms with van der Waals surface area (Å²) in [6, 6.07) is 16.1. The van der Waals surface area contributed by atoms with Crippen LogP contribution in [0.25, 0.3) is 0 Å². The van der Waals surface area contributed by atoms with Crippen LogP contribution in [0.2, 0.25) is 0 Å². The Bertz CT molecular complexity index is 1250. The van der Waals surface area contributed by atoms with Gasteiger partial charge in [0.15, 0.2) is 0 Å². The topological polar surface area (TPSA) is 69.7 Å². The van der Waals surface area contributed by atoms with Crippen molar-refractivity contribution in [1.29, 1.82) is 0 Å². The molecule has 0 aliphatic carbocycles. The molecule has 0 bridgehead atoms. The Hall–Kier alpha value is -2.68. The van der Waals surface area contributed by atoms with Gasteiger partial charge in [0.2, 0.25) is 10.0 Å². The minimum absolute atomic E-state index is 0.147. The van der Waals surface area contributed by atoms with Crippen molar-refractivity contribution < 1.29 is 13.2 Å². The molecule has 0 saturated carbocycles. The summed E-state index contributed by atoms with van der Waals surface area (Å²) in [6.07, 6.45) is 4.43. The fraction of sp³-hybridized carbons (Fsp3) is 0.320. The molecule has 1 fully saturated rings. The van der Waals surface area contributed by atoms with E-state index in [1.165, 1.54) is 34.5 Å². The Kier molecular flexibility index (Phi) is 6.23. The van der Waals surface area contributed by atoms with E-state index in [9.17, 15) is 13.2 Å². The number of amides is 1. The van der Waals surface area contributed by atoms with Crippen LogP contribution in [0, 0.1) is 0 Å². The van der Waals surface area contributed by atoms with E-state index in [4.69, 9.17) is 0 Å². The van der Waals surface area contributed by atoms with Crippen molar-refractivity contribution in [3.63, 3.8) is 0 Å². The Morgan fingerprint density at radius 1 is 0.939 bits per heavy atom. The van der Waals surface area contributed by atoms with Crippen molar-refractivity contribution in [2.24, 2.45) is 0 Å². The van der Waals surface area contributed by atoms with E-state index in [1.54, 1.807) is 29.5 Å². The second kappa shape index (κ2) is 9.29. The first-order chi connectivity index (χ1) is 16.0. The summed E-state index contributed by atoms with van der Waals surface area (Å²) in [5, 5.41) is 4.90. The molecule has 2 aliphatic heterocycles. The Labute approximate surface area is 198 Å². The third kappa shape index (κ3) is 4.69. The van der Waals surface area contributed by atoms with Crippen LogP contribution in [0.4, 0.5) is 11.4 Å². The van der Waals surface area contributed by atoms with Crippen molar-refractivity contribution >= 4 is 38.6 Å². The van der Waals surface area contributed by atoms with Gasteiger partial charge in [-0.1, -0.05) is 6.07 Å². The number of anilines is 2. The van der Waals surface area contributed by atoms with Crippen molar-refractivity contribution in [1.82, 2.24) is 4.31 Å². The van der Waals surface area contributed by atoms with Gasteiger partial charge in [0.25, 0.3) is 5.91 Å². The molecule has 8 heteroatoms. The van der Waals surface area contributed by atoms with Crippen LogP contribution >= 0.6 is 11.3 Å². The number of carbonyl (C=O) groups excluding carboxylic acids is 1. The van der Waals surface area contributed by atoms with E-state index >= 15 is 0 Å². The van der Waals surface area contributed by atoms with Crippen LogP contribution < -0.4 is 10.2 Å². The normalized spacial score (nSPS) is 16.9. The van der Waals surface area contributed by atoms with E-state index < -0.39 is 10.0 Å². The van der Waals surface area contributed by atoms with Crippen molar-refractivity contribution in [3.05, 3.63) is 76.0 Å². The number of piperidine rings is 1. The van der Waals surface area contributed by atoms with E-state index in [-0.39, 0.29) is 10.8 Å². The third-order valence-electron chi connectivity index (χ3n) is 6.35. The smallest absolute Gasteiger partial charge is 0.255 e. The van der Waals surface area contributed by atoms with Crippen LogP contribution in [0.3, 0.4) is 0 Å². The van der Waals surface area contributed by atoms with Gasteiger partial charge in [-0.15, -0.1) is 11.3 Å². The number of hydrogen-bond donors (Lipinski definition) is 1. The number of benzene rings is 2. The number of nitrogens with zero attached hydrogens (tertiary/aromatic N) is 2. The number of nitrogens with one attached hydrogen (secondary N) is 1. The largest absolute Gasteiger partial charge is 0.372 e. The van der Waals surface area contributed by atoms with Crippen LogP contribution in [0.5, 0.6) is 0 Å². The predicted octanol–water partition coefficient (Wildman–Crippen LogP) is 4.74. The number of rotatable bonds is 5. The first kappa shape index (κ1) is 22.1. The lowest BCUT2D eigenvalue weighted by molar-refractivity contribution is 0.102. The molecule has 3 aromatic rings. The van der Waals surface area contributed by atoms with E-state index in [2.05, 4.69) is 10.2 Å². The molecule has 0 spiro atoms. The van der Waals surface area contributed by atoms with Gasteiger partial charge >= 0.3 is 0 Å². The molecule has 2 aliphatic rings. The summed E-state index contributed by atoms with van der Waals surface area (Å²) < 4.78 is 28.0. The molecule has 5 rings (SSSR count). The number of carbonyl (C=O) groups is 1. The van der Waals surface area contributed by atoms with Gasteiger partial charge in [-0.3, -0.25) is 4.79 Å². The summed E-state index contributed by atoms with van der Waals surface area (Å²) in [4.78, 5) is 16.6. The molecule has 172 valence electrons. The molecule has 0 atom stereocenters. The van der Waals surface area contributed by atoms with E-state index in [0.29, 0.717) is 24.3 Å². The zero-order chi connectivity index (χ0) is 22.8. The van der Waals surface area contributed by atoms with Gasteiger partial charge < -0.3 is 10.2 Å². The highest BCUT2D eigenvalue weighted by Gasteiger charge is 2.29. The zero-order valence-electron chi connectivity index (χ0n) is 18.4. The molecule has 1 saturated heterocycles. The van der Waals surface area contributed by atoms with Crippen molar-refractivity contribution in [3.8, 4) is 0 Å². The standard InChI is InChI=1S/C25H27N3O3S2/c29-25(26-21-7-9-22(10-8-21)27-13-2-1-3-14-27)19-5-4-6-23(17-19)33(30,31)28-15-11-24-20(18-28)12-16-32-24/h4-10,12,16-17H,1-3,11,13-15,18H2,(H,26,29). The highest BCUT2D eigenvalue weighted by atomic mass is 32.2. The second-order valence-electron chi connectivity index (χ2n) is 8.53. The maximum Gasteiger partial charge on any atom is 0.255 e. The minimum atomic E-state index is -3.68. The Balaban J connectivity index is 1.29. The summed E-state index contributed by atoms with van der Waals surface area (Å²) >= 11 is 1.67. The number of sulfonamides is 1. The number of hydrogen-bond acceptors (Lipinski definition) is 5. The van der Waals surface area contributed by atoms with Gasteiger partial charge in [-0.2, -0.15) is 4.31 Å². The summed E-state index contributed by atoms with van der Waals surface area (Å²) in [5.74, 6) is -0.323. The third-order valence-corrected chi connectivity index (χ3v) is 9.22.